The highest BCUT2D eigenvalue weighted by molar-refractivity contribution is 5.77. The third-order valence-electron chi connectivity index (χ3n) is 3.84. The van der Waals surface area contributed by atoms with E-state index in [1.54, 1.807) is 0 Å². The van der Waals surface area contributed by atoms with Gasteiger partial charge >= 0.3 is 12.0 Å². The minimum atomic E-state index is -0.798. The van der Waals surface area contributed by atoms with E-state index in [2.05, 4.69) is 10.6 Å². The summed E-state index contributed by atoms with van der Waals surface area (Å²) in [6.45, 7) is 0. The molecule has 2 fully saturated rings. The smallest absolute Gasteiger partial charge is 0.315 e. The maximum Gasteiger partial charge on any atom is 0.315 e. The topological polar surface area (TPSA) is 78.4 Å². The number of aliphatic carboxylic acids is 1. The van der Waals surface area contributed by atoms with Crippen LogP contribution in [0, 0.1) is 5.92 Å². The fraction of sp³-hybridized carbons (Fsp3) is 0.833. The Labute approximate surface area is 101 Å². The summed E-state index contributed by atoms with van der Waals surface area (Å²) in [5, 5.41) is 14.7. The lowest BCUT2D eigenvalue weighted by Crippen LogP contribution is -2.47. The van der Waals surface area contributed by atoms with Crippen molar-refractivity contribution in [3.05, 3.63) is 0 Å². The molecule has 0 aliphatic heterocycles. The normalized spacial score (nSPS) is 29.2. The van der Waals surface area contributed by atoms with Crippen molar-refractivity contribution in [1.82, 2.24) is 10.6 Å². The molecule has 2 saturated carbocycles. The van der Waals surface area contributed by atoms with E-state index < -0.39 is 11.9 Å². The Bertz CT molecular complexity index is 300. The second-order valence-electron chi connectivity index (χ2n) is 5.08. The zero-order chi connectivity index (χ0) is 12.3. The minimum Gasteiger partial charge on any atom is -0.481 e. The van der Waals surface area contributed by atoms with Gasteiger partial charge in [-0.3, -0.25) is 4.79 Å². The molecule has 0 heterocycles. The first-order valence-corrected chi connectivity index (χ1v) is 6.46. The molecule has 17 heavy (non-hydrogen) atoms. The average molecular weight is 240 g/mol. The van der Waals surface area contributed by atoms with Crippen LogP contribution in [-0.4, -0.2) is 29.2 Å². The predicted octanol–water partition coefficient (Wildman–Crippen LogP) is 1.48. The molecule has 2 aliphatic carbocycles. The van der Waals surface area contributed by atoms with Crippen LogP contribution in [0.5, 0.6) is 0 Å². The van der Waals surface area contributed by atoms with Gasteiger partial charge in [0.25, 0.3) is 0 Å². The molecule has 0 saturated heterocycles. The number of carboxylic acid groups (broad SMARTS) is 1. The van der Waals surface area contributed by atoms with Crippen molar-refractivity contribution < 1.29 is 14.7 Å². The van der Waals surface area contributed by atoms with Crippen molar-refractivity contribution in [3.63, 3.8) is 0 Å². The Morgan fingerprint density at radius 3 is 2.29 bits per heavy atom. The second kappa shape index (κ2) is 5.38. The van der Waals surface area contributed by atoms with Crippen LogP contribution in [0.3, 0.4) is 0 Å². The molecular weight excluding hydrogens is 220 g/mol. The van der Waals surface area contributed by atoms with Gasteiger partial charge in [0.15, 0.2) is 0 Å². The van der Waals surface area contributed by atoms with Gasteiger partial charge in [-0.05, 0) is 25.7 Å². The molecule has 0 spiro atoms. The summed E-state index contributed by atoms with van der Waals surface area (Å²) in [5.74, 6) is -1.21. The van der Waals surface area contributed by atoms with Crippen molar-refractivity contribution in [2.45, 2.75) is 57.0 Å². The third kappa shape index (κ3) is 3.11. The van der Waals surface area contributed by atoms with Gasteiger partial charge in [0.05, 0.1) is 5.92 Å². The zero-order valence-electron chi connectivity index (χ0n) is 9.95. The Morgan fingerprint density at radius 2 is 1.65 bits per heavy atom. The molecule has 5 nitrogen and oxygen atoms in total. The van der Waals surface area contributed by atoms with Gasteiger partial charge in [0, 0.05) is 12.1 Å². The lowest BCUT2D eigenvalue weighted by molar-refractivity contribution is -0.142. The van der Waals surface area contributed by atoms with Gasteiger partial charge in [0.1, 0.15) is 0 Å². The van der Waals surface area contributed by atoms with E-state index in [4.69, 9.17) is 5.11 Å². The molecule has 2 aliphatic rings. The quantitative estimate of drug-likeness (QED) is 0.699. The maximum absolute atomic E-state index is 11.7. The third-order valence-corrected chi connectivity index (χ3v) is 3.84. The fourth-order valence-electron chi connectivity index (χ4n) is 2.89. The lowest BCUT2D eigenvalue weighted by atomic mass is 10.0. The first kappa shape index (κ1) is 12.2. The largest absolute Gasteiger partial charge is 0.481 e. The van der Waals surface area contributed by atoms with Crippen LogP contribution in [-0.2, 0) is 4.79 Å². The summed E-state index contributed by atoms with van der Waals surface area (Å²) in [5.41, 5.74) is 0. The molecule has 0 bridgehead atoms. The van der Waals surface area contributed by atoms with Gasteiger partial charge in [0.2, 0.25) is 0 Å². The van der Waals surface area contributed by atoms with Crippen molar-refractivity contribution in [2.24, 2.45) is 5.92 Å². The van der Waals surface area contributed by atoms with E-state index in [0.717, 1.165) is 25.7 Å². The minimum absolute atomic E-state index is 0.199. The Balaban J connectivity index is 1.79. The number of carboxylic acids is 1. The molecule has 2 atom stereocenters. The molecule has 2 rings (SSSR count). The molecule has 0 radical (unpaired) electrons. The summed E-state index contributed by atoms with van der Waals surface area (Å²) in [6.07, 6.45) is 6.75. The molecule has 3 N–H and O–H groups in total. The van der Waals surface area contributed by atoms with E-state index in [-0.39, 0.29) is 18.1 Å². The number of rotatable bonds is 3. The highest BCUT2D eigenvalue weighted by Gasteiger charge is 2.34. The number of carbonyl (C=O) groups is 2. The number of hydrogen-bond acceptors (Lipinski definition) is 2. The van der Waals surface area contributed by atoms with Gasteiger partial charge in [-0.1, -0.05) is 19.3 Å². The number of amides is 2. The Hall–Kier alpha value is -1.26. The molecule has 0 aromatic heterocycles. The highest BCUT2D eigenvalue weighted by Crippen LogP contribution is 2.25. The van der Waals surface area contributed by atoms with Gasteiger partial charge in [-0.15, -0.1) is 0 Å². The summed E-state index contributed by atoms with van der Waals surface area (Å²) in [7, 11) is 0. The monoisotopic (exact) mass is 240 g/mol. The lowest BCUT2D eigenvalue weighted by Gasteiger charge is -2.20. The Kier molecular flexibility index (Phi) is 3.86. The summed E-state index contributed by atoms with van der Waals surface area (Å²) in [4.78, 5) is 22.7. The van der Waals surface area contributed by atoms with Crippen LogP contribution < -0.4 is 10.6 Å². The molecule has 2 unspecified atom stereocenters. The van der Waals surface area contributed by atoms with Crippen LogP contribution in [0.2, 0.25) is 0 Å². The molecule has 96 valence electrons. The van der Waals surface area contributed by atoms with Crippen molar-refractivity contribution in [1.29, 1.82) is 0 Å². The molecule has 0 aromatic carbocycles. The second-order valence-corrected chi connectivity index (χ2v) is 5.08. The molecule has 5 heteroatoms. The van der Waals surface area contributed by atoms with E-state index >= 15 is 0 Å². The van der Waals surface area contributed by atoms with E-state index in [0.29, 0.717) is 6.42 Å². The van der Waals surface area contributed by atoms with Crippen molar-refractivity contribution >= 4 is 12.0 Å². The highest BCUT2D eigenvalue weighted by atomic mass is 16.4. The van der Waals surface area contributed by atoms with Gasteiger partial charge < -0.3 is 15.7 Å². The van der Waals surface area contributed by atoms with E-state index in [9.17, 15) is 9.59 Å². The van der Waals surface area contributed by atoms with Crippen molar-refractivity contribution in [3.8, 4) is 0 Å². The van der Waals surface area contributed by atoms with Crippen LogP contribution in [0.1, 0.15) is 44.9 Å². The molecular formula is C12H20N2O3. The van der Waals surface area contributed by atoms with Gasteiger partial charge in [-0.2, -0.15) is 0 Å². The van der Waals surface area contributed by atoms with E-state index in [1.807, 2.05) is 0 Å². The standard InChI is InChI=1S/C12H20N2O3/c15-11(16)9-6-3-7-10(9)14-12(17)13-8-4-1-2-5-8/h8-10H,1-7H2,(H,15,16)(H2,13,14,17). The zero-order valence-corrected chi connectivity index (χ0v) is 9.95. The molecule has 2 amide bonds. The number of hydrogen-bond donors (Lipinski definition) is 3. The fourth-order valence-corrected chi connectivity index (χ4v) is 2.89. The summed E-state index contributed by atoms with van der Waals surface area (Å²) < 4.78 is 0. The van der Waals surface area contributed by atoms with Crippen LogP contribution in [0.15, 0.2) is 0 Å². The summed E-state index contributed by atoms with van der Waals surface area (Å²) >= 11 is 0. The number of urea groups is 1. The first-order valence-electron chi connectivity index (χ1n) is 6.46. The predicted molar refractivity (Wildman–Crippen MR) is 62.7 cm³/mol. The van der Waals surface area contributed by atoms with Crippen LogP contribution >= 0.6 is 0 Å². The summed E-state index contributed by atoms with van der Waals surface area (Å²) in [6, 6.07) is -0.122. The first-order chi connectivity index (χ1) is 8.16. The molecule has 0 aromatic rings. The number of nitrogens with one attached hydrogen (secondary N) is 2. The van der Waals surface area contributed by atoms with Gasteiger partial charge in [-0.25, -0.2) is 4.79 Å². The average Bonchev–Trinajstić information content (AvgIpc) is 2.88. The number of carbonyl (C=O) groups excluding carboxylic acids is 1. The van der Waals surface area contributed by atoms with Crippen molar-refractivity contribution in [2.75, 3.05) is 0 Å². The van der Waals surface area contributed by atoms with Crippen LogP contribution in [0.25, 0.3) is 0 Å². The Morgan fingerprint density at radius 1 is 0.941 bits per heavy atom. The van der Waals surface area contributed by atoms with E-state index in [1.165, 1.54) is 12.8 Å². The maximum atomic E-state index is 11.7. The van der Waals surface area contributed by atoms with Crippen LogP contribution in [0.4, 0.5) is 4.79 Å². The SMILES string of the molecule is O=C(NC1CCCC1)NC1CCCC1C(=O)O.